The first kappa shape index (κ1) is 15.2. The number of pyridine rings is 1. The summed E-state index contributed by atoms with van der Waals surface area (Å²) in [5.41, 5.74) is 1.17. The number of unbranched alkanes of at least 4 members (excludes halogenated alkanes) is 2. The highest BCUT2D eigenvalue weighted by molar-refractivity contribution is 5.94. The van der Waals surface area contributed by atoms with Crippen molar-refractivity contribution in [2.45, 2.75) is 26.2 Å². The molecule has 0 aliphatic heterocycles. The topological polar surface area (TPSA) is 53.4 Å². The number of carbonyl (C=O) groups excluding carboxylic acids is 1. The van der Waals surface area contributed by atoms with Gasteiger partial charge in [0, 0.05) is 31.5 Å². The van der Waals surface area contributed by atoms with E-state index >= 15 is 0 Å². The molecule has 1 aromatic rings. The van der Waals surface area contributed by atoms with E-state index in [0.717, 1.165) is 25.8 Å². The maximum absolute atomic E-state index is 12.2. The predicted molar refractivity (Wildman–Crippen MR) is 74.7 cm³/mol. The Hall–Kier alpha value is -1.86. The zero-order valence-corrected chi connectivity index (χ0v) is 11.5. The summed E-state index contributed by atoms with van der Waals surface area (Å²) in [5, 5.41) is 8.65. The second-order valence-electron chi connectivity index (χ2n) is 4.36. The molecular formula is C15H20N2O2. The number of rotatable bonds is 5. The van der Waals surface area contributed by atoms with Crippen molar-refractivity contribution in [1.82, 2.24) is 9.88 Å². The van der Waals surface area contributed by atoms with Crippen molar-refractivity contribution in [1.29, 1.82) is 0 Å². The Morgan fingerprint density at radius 1 is 1.42 bits per heavy atom. The van der Waals surface area contributed by atoms with E-state index in [-0.39, 0.29) is 12.5 Å². The molecule has 0 spiro atoms. The standard InChI is InChI=1S/C15H20N2O2/c1-3-4-5-8-17(2)15(19)14-10-13(7-6-9-18)11-16-12-14/h10-12,18H,3-5,8-9H2,1-2H3. The summed E-state index contributed by atoms with van der Waals surface area (Å²) in [6.45, 7) is 2.68. The quantitative estimate of drug-likeness (QED) is 0.647. The van der Waals surface area contributed by atoms with Crippen LogP contribution in [0.1, 0.15) is 42.1 Å². The Morgan fingerprint density at radius 3 is 2.89 bits per heavy atom. The molecule has 0 saturated carbocycles. The molecule has 0 bridgehead atoms. The summed E-state index contributed by atoms with van der Waals surface area (Å²) < 4.78 is 0. The van der Waals surface area contributed by atoms with Gasteiger partial charge in [0.05, 0.1) is 5.56 Å². The molecule has 1 rings (SSSR count). The van der Waals surface area contributed by atoms with Crippen LogP contribution in [-0.2, 0) is 0 Å². The van der Waals surface area contributed by atoms with Gasteiger partial charge in [0.1, 0.15) is 6.61 Å². The van der Waals surface area contributed by atoms with Crippen LogP contribution in [0.25, 0.3) is 0 Å². The van der Waals surface area contributed by atoms with Crippen molar-refractivity contribution in [2.24, 2.45) is 0 Å². The fourth-order valence-electron chi connectivity index (χ4n) is 1.69. The van der Waals surface area contributed by atoms with Gasteiger partial charge in [-0.1, -0.05) is 31.6 Å². The number of amides is 1. The third-order valence-corrected chi connectivity index (χ3v) is 2.74. The Morgan fingerprint density at radius 2 is 2.21 bits per heavy atom. The first-order valence-corrected chi connectivity index (χ1v) is 6.49. The van der Waals surface area contributed by atoms with E-state index in [0.29, 0.717) is 11.1 Å². The van der Waals surface area contributed by atoms with Crippen LogP contribution < -0.4 is 0 Å². The number of carbonyl (C=O) groups is 1. The maximum Gasteiger partial charge on any atom is 0.255 e. The second kappa shape index (κ2) is 8.28. The molecule has 0 saturated heterocycles. The summed E-state index contributed by atoms with van der Waals surface area (Å²) in [7, 11) is 1.80. The third-order valence-electron chi connectivity index (χ3n) is 2.74. The average molecular weight is 260 g/mol. The van der Waals surface area contributed by atoms with E-state index in [1.165, 1.54) is 0 Å². The molecule has 1 aromatic heterocycles. The van der Waals surface area contributed by atoms with Crippen LogP contribution in [0.5, 0.6) is 0 Å². The van der Waals surface area contributed by atoms with Gasteiger partial charge >= 0.3 is 0 Å². The summed E-state index contributed by atoms with van der Waals surface area (Å²) >= 11 is 0. The maximum atomic E-state index is 12.2. The van der Waals surface area contributed by atoms with Gasteiger partial charge in [-0.25, -0.2) is 0 Å². The predicted octanol–water partition coefficient (Wildman–Crippen LogP) is 1.69. The number of nitrogens with zero attached hydrogens (tertiary/aromatic N) is 2. The molecule has 0 atom stereocenters. The molecule has 0 aliphatic rings. The Kier molecular flexibility index (Phi) is 6.62. The lowest BCUT2D eigenvalue weighted by atomic mass is 10.2. The molecule has 0 aromatic carbocycles. The smallest absolute Gasteiger partial charge is 0.255 e. The molecule has 4 nitrogen and oxygen atoms in total. The molecule has 1 heterocycles. The SMILES string of the molecule is CCCCCN(C)C(=O)c1cncc(C#CCO)c1. The molecule has 0 aliphatic carbocycles. The zero-order valence-electron chi connectivity index (χ0n) is 11.5. The molecule has 0 radical (unpaired) electrons. The lowest BCUT2D eigenvalue weighted by molar-refractivity contribution is 0.0792. The first-order chi connectivity index (χ1) is 9.19. The van der Waals surface area contributed by atoms with Gasteiger partial charge in [-0.2, -0.15) is 0 Å². The Labute approximate surface area is 114 Å². The van der Waals surface area contributed by atoms with E-state index in [4.69, 9.17) is 5.11 Å². The number of aliphatic hydroxyl groups is 1. The Balaban J connectivity index is 2.70. The number of hydrogen-bond acceptors (Lipinski definition) is 3. The summed E-state index contributed by atoms with van der Waals surface area (Å²) in [4.78, 5) is 17.9. The largest absolute Gasteiger partial charge is 0.384 e. The molecule has 102 valence electrons. The van der Waals surface area contributed by atoms with Gasteiger partial charge in [0.15, 0.2) is 0 Å². The zero-order chi connectivity index (χ0) is 14.1. The van der Waals surface area contributed by atoms with Crippen LogP contribution in [0.2, 0.25) is 0 Å². The minimum Gasteiger partial charge on any atom is -0.384 e. The third kappa shape index (κ3) is 5.11. The van der Waals surface area contributed by atoms with Crippen molar-refractivity contribution in [3.63, 3.8) is 0 Å². The molecular weight excluding hydrogens is 240 g/mol. The van der Waals surface area contributed by atoms with Crippen molar-refractivity contribution in [2.75, 3.05) is 20.2 Å². The van der Waals surface area contributed by atoms with Crippen LogP contribution in [-0.4, -0.2) is 41.1 Å². The van der Waals surface area contributed by atoms with Crippen LogP contribution in [0.4, 0.5) is 0 Å². The average Bonchev–Trinajstić information content (AvgIpc) is 2.44. The minimum atomic E-state index is -0.199. The van der Waals surface area contributed by atoms with Crippen molar-refractivity contribution < 1.29 is 9.90 Å². The van der Waals surface area contributed by atoms with Crippen LogP contribution >= 0.6 is 0 Å². The van der Waals surface area contributed by atoms with E-state index in [2.05, 4.69) is 23.7 Å². The number of aliphatic hydroxyl groups excluding tert-OH is 1. The fourth-order valence-corrected chi connectivity index (χ4v) is 1.69. The highest BCUT2D eigenvalue weighted by Gasteiger charge is 2.11. The number of aromatic nitrogens is 1. The first-order valence-electron chi connectivity index (χ1n) is 6.49. The van der Waals surface area contributed by atoms with Crippen LogP contribution in [0.15, 0.2) is 18.5 Å². The summed E-state index contributed by atoms with van der Waals surface area (Å²) in [6.07, 6.45) is 6.39. The fraction of sp³-hybridized carbons (Fsp3) is 0.467. The van der Waals surface area contributed by atoms with Gasteiger partial charge in [-0.15, -0.1) is 0 Å². The van der Waals surface area contributed by atoms with Crippen LogP contribution in [0.3, 0.4) is 0 Å². The molecule has 0 unspecified atom stereocenters. The van der Waals surface area contributed by atoms with Gasteiger partial charge in [0.2, 0.25) is 0 Å². The second-order valence-corrected chi connectivity index (χ2v) is 4.36. The summed E-state index contributed by atoms with van der Waals surface area (Å²) in [6, 6.07) is 1.70. The highest BCUT2D eigenvalue weighted by Crippen LogP contribution is 2.06. The van der Waals surface area contributed by atoms with Gasteiger partial charge < -0.3 is 10.0 Å². The van der Waals surface area contributed by atoms with E-state index in [1.807, 2.05) is 0 Å². The van der Waals surface area contributed by atoms with Gasteiger partial charge in [-0.05, 0) is 12.5 Å². The normalized spacial score (nSPS) is 9.63. The summed E-state index contributed by atoms with van der Waals surface area (Å²) in [5.74, 6) is 5.24. The number of hydrogen-bond donors (Lipinski definition) is 1. The van der Waals surface area contributed by atoms with E-state index in [1.54, 1.807) is 30.4 Å². The highest BCUT2D eigenvalue weighted by atomic mass is 16.2. The Bertz CT molecular complexity index is 475. The van der Waals surface area contributed by atoms with Crippen molar-refractivity contribution >= 4 is 5.91 Å². The monoisotopic (exact) mass is 260 g/mol. The molecule has 19 heavy (non-hydrogen) atoms. The van der Waals surface area contributed by atoms with Gasteiger partial charge in [0.25, 0.3) is 5.91 Å². The van der Waals surface area contributed by atoms with E-state index in [9.17, 15) is 4.79 Å². The van der Waals surface area contributed by atoms with Crippen molar-refractivity contribution in [3.8, 4) is 11.8 Å². The molecule has 4 heteroatoms. The van der Waals surface area contributed by atoms with E-state index < -0.39 is 0 Å². The van der Waals surface area contributed by atoms with Crippen LogP contribution in [0, 0.1) is 11.8 Å². The lowest BCUT2D eigenvalue weighted by Gasteiger charge is -2.16. The van der Waals surface area contributed by atoms with Crippen molar-refractivity contribution in [3.05, 3.63) is 29.6 Å². The molecule has 1 amide bonds. The lowest BCUT2D eigenvalue weighted by Crippen LogP contribution is -2.27. The minimum absolute atomic E-state index is 0.0451. The molecule has 1 N–H and O–H groups in total. The molecule has 0 fully saturated rings. The van der Waals surface area contributed by atoms with Gasteiger partial charge in [-0.3, -0.25) is 9.78 Å².